The molecule has 114 heavy (non-hydrogen) atoms. The van der Waals surface area contributed by atoms with Crippen molar-refractivity contribution in [1.29, 1.82) is 0 Å². The lowest BCUT2D eigenvalue weighted by Gasteiger charge is -2.37. The fourth-order valence-electron chi connectivity index (χ4n) is 20.5. The number of unbranched alkanes of at least 4 members (excludes halogenated alkanes) is 6. The first-order chi connectivity index (χ1) is 55.5. The van der Waals surface area contributed by atoms with E-state index in [4.69, 9.17) is 0 Å². The monoisotopic (exact) mass is 1640 g/mol. The zero-order valence-corrected chi connectivity index (χ0v) is 76.1. The Balaban J connectivity index is 1.02. The van der Waals surface area contributed by atoms with Gasteiger partial charge in [-0.15, -0.1) is 68.4 Å². The third-order valence-corrected chi connectivity index (χ3v) is 35.5. The molecule has 0 fully saturated rings. The molecular formula is C102H128N2O4S6. The van der Waals surface area contributed by atoms with Crippen LogP contribution in [-0.4, -0.2) is 46.5 Å². The number of amides is 4. The molecule has 6 nitrogen and oxygen atoms in total. The Morgan fingerprint density at radius 2 is 0.728 bits per heavy atom. The van der Waals surface area contributed by atoms with E-state index >= 15 is 14.4 Å². The van der Waals surface area contributed by atoms with Gasteiger partial charge in [-0.05, 0) is 144 Å². The number of thioether (sulfide) groups is 1. The lowest BCUT2D eigenvalue weighted by Crippen LogP contribution is -2.35. The molecule has 606 valence electrons. The van der Waals surface area contributed by atoms with Crippen molar-refractivity contribution in [3.63, 3.8) is 0 Å². The van der Waals surface area contributed by atoms with E-state index in [1.54, 1.807) is 4.90 Å². The van der Waals surface area contributed by atoms with Gasteiger partial charge in [0.25, 0.3) is 23.6 Å². The molecule has 3 aliphatic heterocycles. The summed E-state index contributed by atoms with van der Waals surface area (Å²) in [6.45, 7) is 32.6. The van der Waals surface area contributed by atoms with E-state index < -0.39 is 10.8 Å². The van der Waals surface area contributed by atoms with Crippen LogP contribution in [0.5, 0.6) is 0 Å². The highest BCUT2D eigenvalue weighted by Crippen LogP contribution is 2.74. The predicted octanol–water partition coefficient (Wildman–Crippen LogP) is 30.2. The number of allylic oxidation sites excluding steroid dienone is 1. The van der Waals surface area contributed by atoms with E-state index in [-0.39, 0.29) is 46.6 Å². The highest BCUT2D eigenvalue weighted by molar-refractivity contribution is 8.09. The van der Waals surface area contributed by atoms with Gasteiger partial charge in [0, 0.05) is 54.5 Å². The van der Waals surface area contributed by atoms with E-state index in [1.807, 2.05) is 30.0 Å². The molecule has 12 heteroatoms. The molecule has 0 N–H and O–H groups in total. The average Bonchev–Trinajstić information content (AvgIpc) is 1.48. The van der Waals surface area contributed by atoms with Gasteiger partial charge in [-0.25, -0.2) is 0 Å². The first kappa shape index (κ1) is 84.5. The van der Waals surface area contributed by atoms with Gasteiger partial charge in [0.1, 0.15) is 0 Å². The molecule has 0 saturated heterocycles. The molecule has 5 aliphatic rings. The molecule has 0 bridgehead atoms. The number of aryl methyl sites for hydroxylation is 2. The number of nitrogens with zero attached hydrogens (tertiary/aromatic N) is 2. The van der Waals surface area contributed by atoms with Crippen LogP contribution >= 0.6 is 68.4 Å². The summed E-state index contributed by atoms with van der Waals surface area (Å²) < 4.78 is 2.77. The highest BCUT2D eigenvalue weighted by atomic mass is 32.2. The van der Waals surface area contributed by atoms with E-state index in [9.17, 15) is 4.79 Å². The van der Waals surface area contributed by atoms with Crippen molar-refractivity contribution in [3.05, 3.63) is 212 Å². The van der Waals surface area contributed by atoms with E-state index in [0.29, 0.717) is 68.8 Å². The highest BCUT2D eigenvalue weighted by Gasteiger charge is 2.61. The van der Waals surface area contributed by atoms with Crippen LogP contribution in [0.4, 0.5) is 0 Å². The SMILES string of the molecule is CCCCC(CC)Cc1ccc(C2(c3ccc(CC(CC)CCCC)cc3)c3cc(C)sc3-c3sc4c5c(sc4c32)C2SC(c3sc(-c4sc(C)c6c4C(=O)N(CC(CC)CCCC)C6=O)c4c3C(=O)N(CC(CC)CCCC)C4=O)=CC2C5(c2ccc(CC(CC)CCCC)cc2)c2ccc(CC(CC)CCCC)cc2)cc1. The molecule has 14 rings (SSSR count). The number of rotatable bonds is 42. The van der Waals surface area contributed by atoms with Crippen LogP contribution in [0.1, 0.15) is 365 Å². The van der Waals surface area contributed by atoms with Gasteiger partial charge in [0.15, 0.2) is 0 Å². The smallest absolute Gasteiger partial charge is 0.263 e. The Labute approximate surface area is 708 Å². The van der Waals surface area contributed by atoms with Crippen molar-refractivity contribution in [2.24, 2.45) is 41.4 Å². The van der Waals surface area contributed by atoms with Crippen LogP contribution in [0.3, 0.4) is 0 Å². The van der Waals surface area contributed by atoms with Crippen molar-refractivity contribution < 1.29 is 19.2 Å². The maximum Gasteiger partial charge on any atom is 0.263 e. The number of thiophene rings is 5. The molecule has 2 aliphatic carbocycles. The van der Waals surface area contributed by atoms with Gasteiger partial charge >= 0.3 is 0 Å². The fraction of sp³-hybridized carbons (Fsp3) is 0.529. The first-order valence-corrected chi connectivity index (χ1v) is 49.9. The van der Waals surface area contributed by atoms with E-state index in [2.05, 4.69) is 222 Å². The lowest BCUT2D eigenvalue weighted by molar-refractivity contribution is 0.0608. The van der Waals surface area contributed by atoms with Gasteiger partial charge in [0.2, 0.25) is 0 Å². The Hall–Kier alpha value is -5.99. The van der Waals surface area contributed by atoms with Gasteiger partial charge in [0.05, 0.1) is 67.2 Å². The summed E-state index contributed by atoms with van der Waals surface area (Å²) in [5, 5.41) is -0.0704. The average molecular weight is 1640 g/mol. The second kappa shape index (κ2) is 37.1. The van der Waals surface area contributed by atoms with E-state index in [1.165, 1.54) is 208 Å². The van der Waals surface area contributed by atoms with Crippen molar-refractivity contribution in [2.75, 3.05) is 13.1 Å². The molecule has 9 aromatic rings. The molecule has 8 atom stereocenters. The summed E-state index contributed by atoms with van der Waals surface area (Å²) in [5.74, 6) is 1.71. The van der Waals surface area contributed by atoms with Crippen LogP contribution in [-0.2, 0) is 36.5 Å². The van der Waals surface area contributed by atoms with Gasteiger partial charge in [-0.3, -0.25) is 29.0 Å². The number of hydrogen-bond donors (Lipinski definition) is 0. The quantitative estimate of drug-likeness (QED) is 0.0356. The molecule has 8 heterocycles. The summed E-state index contributed by atoms with van der Waals surface area (Å²) in [7, 11) is 0. The Kier molecular flexibility index (Phi) is 27.5. The third kappa shape index (κ3) is 15.6. The fourth-order valence-corrected chi connectivity index (χ4v) is 29.3. The topological polar surface area (TPSA) is 74.8 Å². The maximum absolute atomic E-state index is 16.2. The molecule has 0 spiro atoms. The number of carbonyl (C=O) groups is 4. The van der Waals surface area contributed by atoms with Crippen molar-refractivity contribution in [1.82, 2.24) is 9.80 Å². The van der Waals surface area contributed by atoms with Gasteiger partial charge in [-0.1, -0.05) is 327 Å². The molecule has 4 amide bonds. The number of hydrogen-bond acceptors (Lipinski definition) is 10. The van der Waals surface area contributed by atoms with Crippen molar-refractivity contribution in [2.45, 2.75) is 293 Å². The van der Waals surface area contributed by atoms with Crippen LogP contribution < -0.4 is 0 Å². The Morgan fingerprint density at radius 3 is 1.13 bits per heavy atom. The Morgan fingerprint density at radius 1 is 0.368 bits per heavy atom. The molecule has 5 aromatic heterocycles. The molecule has 0 radical (unpaired) electrons. The van der Waals surface area contributed by atoms with E-state index in [0.717, 1.165) is 105 Å². The number of carbonyl (C=O) groups excluding carboxylic acids is 4. The lowest BCUT2D eigenvalue weighted by atomic mass is 9.64. The van der Waals surface area contributed by atoms with Crippen LogP contribution in [0, 0.1) is 55.3 Å². The summed E-state index contributed by atoms with van der Waals surface area (Å²) in [6.07, 6.45) is 34.0. The Bertz CT molecular complexity index is 4770. The van der Waals surface area contributed by atoms with Crippen LogP contribution in [0.2, 0.25) is 0 Å². The largest absolute Gasteiger partial charge is 0.274 e. The number of fused-ring (bicyclic) bond motifs is 11. The molecular weight excluding hydrogens is 1510 g/mol. The zero-order chi connectivity index (χ0) is 80.3. The minimum absolute atomic E-state index is 0.0704. The van der Waals surface area contributed by atoms with Crippen molar-refractivity contribution >= 4 is 106 Å². The maximum atomic E-state index is 16.2. The third-order valence-electron chi connectivity index (χ3n) is 27.5. The second-order valence-corrected chi connectivity index (χ2v) is 41.6. The van der Waals surface area contributed by atoms with Gasteiger partial charge in [-0.2, -0.15) is 0 Å². The minimum Gasteiger partial charge on any atom is -0.274 e. The molecule has 8 unspecified atom stereocenters. The number of imide groups is 2. The van der Waals surface area contributed by atoms with Crippen LogP contribution in [0.25, 0.3) is 33.8 Å². The first-order valence-electron chi connectivity index (χ1n) is 45.0. The normalized spacial score (nSPS) is 19.8. The summed E-state index contributed by atoms with van der Waals surface area (Å²) >= 11 is 11.0. The number of benzene rings is 4. The van der Waals surface area contributed by atoms with Gasteiger partial charge < -0.3 is 0 Å². The molecule has 0 saturated carbocycles. The summed E-state index contributed by atoms with van der Waals surface area (Å²) in [5.41, 5.74) is 15.5. The second-order valence-electron chi connectivity index (χ2n) is 34.9. The minimum atomic E-state index is -0.707. The summed E-state index contributed by atoms with van der Waals surface area (Å²) in [6, 6.07) is 42.7. The predicted molar refractivity (Wildman–Crippen MR) is 492 cm³/mol. The zero-order valence-electron chi connectivity index (χ0n) is 71.2. The summed E-state index contributed by atoms with van der Waals surface area (Å²) in [4.78, 5) is 74.9. The standard InChI is InChI=1S/C102H128N2O4S6/c1-15-27-33-65(21-7)56-71-39-47-75(48-40-71)101(76-49-41-72(42-50-76)57-66(22-8)34-28-16-2)79-55-63(13)109-88(79)93-86(101)95-96(113-93)87-94(114-95)89-80(102(87,77-51-43-73(44-52-77)58-67(23-9)35-29-17-3)78-53-45-74(46-54-78)59-68(24-10)36-30-18-4)60-81(111-89)90-84-85(100(108)104(99(84)107)62-70(26-12)38-32-20-6)92(112-90)91-83-82(64(14)110-91)97(105)103(98(83)106)61-69(25-11)37-31-19-5/h39-55,60,65-70,80,89H,15-38,56-59,61-62H2,1-14H3. The van der Waals surface area contributed by atoms with Crippen molar-refractivity contribution in [3.8, 4) is 19.5 Å². The molecule has 4 aromatic carbocycles. The van der Waals surface area contributed by atoms with Crippen LogP contribution in [0.15, 0.2) is 109 Å².